The summed E-state index contributed by atoms with van der Waals surface area (Å²) < 4.78 is 37.4. The molecule has 2 unspecified atom stereocenters. The van der Waals surface area contributed by atoms with E-state index in [4.69, 9.17) is 15.2 Å². The highest BCUT2D eigenvalue weighted by Gasteiger charge is 2.30. The lowest BCUT2D eigenvalue weighted by atomic mass is 9.97. The Morgan fingerprint density at radius 1 is 1.43 bits per heavy atom. The number of hydrogen-bond donors (Lipinski definition) is 1. The van der Waals surface area contributed by atoms with Crippen LogP contribution in [0.4, 0.5) is 8.78 Å². The van der Waals surface area contributed by atoms with Crippen LogP contribution in [0.2, 0.25) is 0 Å². The topological polar surface area (TPSA) is 44.5 Å². The lowest BCUT2D eigenvalue weighted by Gasteiger charge is -2.27. The Balaban J connectivity index is 2.22. The van der Waals surface area contributed by atoms with E-state index in [1.54, 1.807) is 6.08 Å². The van der Waals surface area contributed by atoms with Crippen LogP contribution in [0.1, 0.15) is 33.1 Å². The lowest BCUT2D eigenvalue weighted by Crippen LogP contribution is -2.28. The Morgan fingerprint density at radius 3 is 2.86 bits per heavy atom. The van der Waals surface area contributed by atoms with Crippen LogP contribution in [0, 0.1) is 5.92 Å². The number of halogens is 2. The van der Waals surface area contributed by atoms with Crippen molar-refractivity contribution < 1.29 is 18.3 Å². The Bertz CT molecular complexity index is 506. The number of fused-ring (bicyclic) bond motifs is 1. The Labute approximate surface area is 123 Å². The zero-order valence-corrected chi connectivity index (χ0v) is 12.3. The summed E-state index contributed by atoms with van der Waals surface area (Å²) in [6.45, 7) is 4.11. The van der Waals surface area contributed by atoms with E-state index in [2.05, 4.69) is 13.8 Å². The molecule has 21 heavy (non-hydrogen) atoms. The lowest BCUT2D eigenvalue weighted by molar-refractivity contribution is 0.0796. The highest BCUT2D eigenvalue weighted by molar-refractivity contribution is 5.48. The van der Waals surface area contributed by atoms with Crippen molar-refractivity contribution in [1.29, 1.82) is 0 Å². The van der Waals surface area contributed by atoms with Crippen LogP contribution < -0.4 is 5.73 Å². The third-order valence-electron chi connectivity index (χ3n) is 3.70. The van der Waals surface area contributed by atoms with Gasteiger partial charge in [-0.15, -0.1) is 0 Å². The SMILES string of the molecule is CCC(C)CC(N)OC1=C2OC=CC=C2CC=C1C(F)F. The van der Waals surface area contributed by atoms with Crippen LogP contribution in [-0.2, 0) is 9.47 Å². The molecule has 1 aliphatic carbocycles. The third kappa shape index (κ3) is 3.73. The molecule has 5 heteroatoms. The molecule has 0 amide bonds. The number of nitrogens with two attached hydrogens (primary N) is 1. The molecule has 0 fully saturated rings. The Kier molecular flexibility index (Phi) is 5.17. The summed E-state index contributed by atoms with van der Waals surface area (Å²) in [5.41, 5.74) is 6.63. The van der Waals surface area contributed by atoms with Gasteiger partial charge < -0.3 is 9.47 Å². The molecule has 0 saturated heterocycles. The minimum Gasteiger partial charge on any atom is -0.471 e. The molecule has 0 aromatic heterocycles. The van der Waals surface area contributed by atoms with Crippen LogP contribution in [0.5, 0.6) is 0 Å². The first-order valence-electron chi connectivity index (χ1n) is 7.20. The second-order valence-electron chi connectivity index (χ2n) is 5.37. The fourth-order valence-corrected chi connectivity index (χ4v) is 2.29. The molecule has 0 saturated carbocycles. The zero-order chi connectivity index (χ0) is 15.4. The van der Waals surface area contributed by atoms with Gasteiger partial charge in [-0.3, -0.25) is 5.73 Å². The molecule has 0 bridgehead atoms. The van der Waals surface area contributed by atoms with Crippen LogP contribution in [-0.4, -0.2) is 12.7 Å². The van der Waals surface area contributed by atoms with Crippen LogP contribution in [0.25, 0.3) is 0 Å². The smallest absolute Gasteiger partial charge is 0.267 e. The van der Waals surface area contributed by atoms with Crippen molar-refractivity contribution in [3.05, 3.63) is 47.2 Å². The summed E-state index contributed by atoms with van der Waals surface area (Å²) in [5, 5.41) is 0. The van der Waals surface area contributed by atoms with E-state index in [1.807, 2.05) is 6.08 Å². The molecular weight excluding hydrogens is 276 g/mol. The highest BCUT2D eigenvalue weighted by Crippen LogP contribution is 2.36. The fourth-order valence-electron chi connectivity index (χ4n) is 2.29. The second-order valence-corrected chi connectivity index (χ2v) is 5.37. The van der Waals surface area contributed by atoms with Gasteiger partial charge in [0.25, 0.3) is 6.43 Å². The van der Waals surface area contributed by atoms with Gasteiger partial charge in [0.2, 0.25) is 0 Å². The molecule has 1 aliphatic heterocycles. The van der Waals surface area contributed by atoms with Crippen LogP contribution in [0.15, 0.2) is 47.2 Å². The molecule has 0 aromatic carbocycles. The minimum absolute atomic E-state index is 0.0719. The van der Waals surface area contributed by atoms with E-state index in [-0.39, 0.29) is 11.3 Å². The van der Waals surface area contributed by atoms with Crippen LogP contribution >= 0.6 is 0 Å². The van der Waals surface area contributed by atoms with Gasteiger partial charge in [-0.1, -0.05) is 32.4 Å². The van der Waals surface area contributed by atoms with Gasteiger partial charge in [0, 0.05) is 12.0 Å². The van der Waals surface area contributed by atoms with E-state index in [9.17, 15) is 8.78 Å². The standard InChI is InChI=1S/C16H21F2NO2/c1-3-10(2)9-13(19)21-15-12(16(17)18)7-6-11-5-4-8-20-14(11)15/h4-5,7-8,10,13,16H,3,6,9,19H2,1-2H3. The first-order valence-corrected chi connectivity index (χ1v) is 7.20. The monoisotopic (exact) mass is 297 g/mol. The molecule has 1 heterocycles. The molecule has 0 spiro atoms. The summed E-state index contributed by atoms with van der Waals surface area (Å²) in [4.78, 5) is 0. The van der Waals surface area contributed by atoms with Crippen molar-refractivity contribution in [2.24, 2.45) is 11.7 Å². The van der Waals surface area contributed by atoms with Crippen molar-refractivity contribution in [2.75, 3.05) is 0 Å². The molecule has 2 atom stereocenters. The highest BCUT2D eigenvalue weighted by atomic mass is 19.3. The predicted octanol–water partition coefficient (Wildman–Crippen LogP) is 4.00. The van der Waals surface area contributed by atoms with Crippen LogP contribution in [0.3, 0.4) is 0 Å². The maximum absolute atomic E-state index is 13.2. The number of ether oxygens (including phenoxy) is 2. The molecule has 2 rings (SSSR count). The van der Waals surface area contributed by atoms with Gasteiger partial charge in [-0.05, 0) is 18.4 Å². The van der Waals surface area contributed by atoms with Crippen molar-refractivity contribution in [3.63, 3.8) is 0 Å². The summed E-state index contributed by atoms with van der Waals surface area (Å²) in [7, 11) is 0. The third-order valence-corrected chi connectivity index (χ3v) is 3.70. The summed E-state index contributed by atoms with van der Waals surface area (Å²) >= 11 is 0. The molecule has 116 valence electrons. The fraction of sp³-hybridized carbons (Fsp3) is 0.500. The molecule has 3 nitrogen and oxygen atoms in total. The van der Waals surface area contributed by atoms with Crippen molar-refractivity contribution >= 4 is 0 Å². The normalized spacial score (nSPS) is 20.5. The Morgan fingerprint density at radius 2 is 2.19 bits per heavy atom. The maximum atomic E-state index is 13.2. The number of alkyl halides is 2. The number of rotatable bonds is 6. The molecule has 2 N–H and O–H groups in total. The molecule has 0 aromatic rings. The average molecular weight is 297 g/mol. The zero-order valence-electron chi connectivity index (χ0n) is 12.3. The molecular formula is C16H21F2NO2. The predicted molar refractivity (Wildman–Crippen MR) is 77.2 cm³/mol. The maximum Gasteiger partial charge on any atom is 0.267 e. The number of hydrogen-bond acceptors (Lipinski definition) is 3. The van der Waals surface area contributed by atoms with Crippen molar-refractivity contribution in [2.45, 2.75) is 45.8 Å². The minimum atomic E-state index is -2.61. The summed E-state index contributed by atoms with van der Waals surface area (Å²) in [5.74, 6) is 0.799. The van der Waals surface area contributed by atoms with Gasteiger partial charge in [0.1, 0.15) is 6.23 Å². The van der Waals surface area contributed by atoms with Gasteiger partial charge in [-0.2, -0.15) is 0 Å². The van der Waals surface area contributed by atoms with Crippen molar-refractivity contribution in [1.82, 2.24) is 0 Å². The first kappa shape index (κ1) is 15.8. The van der Waals surface area contributed by atoms with E-state index in [0.29, 0.717) is 24.5 Å². The molecule has 0 radical (unpaired) electrons. The van der Waals surface area contributed by atoms with E-state index in [1.165, 1.54) is 12.3 Å². The second kappa shape index (κ2) is 6.89. The first-order chi connectivity index (χ1) is 10.0. The van der Waals surface area contributed by atoms with E-state index < -0.39 is 12.7 Å². The summed E-state index contributed by atoms with van der Waals surface area (Å²) in [6, 6.07) is 0. The Hall–Kier alpha value is -1.62. The summed E-state index contributed by atoms with van der Waals surface area (Å²) in [6.07, 6.45) is 5.25. The van der Waals surface area contributed by atoms with E-state index >= 15 is 0 Å². The van der Waals surface area contributed by atoms with Gasteiger partial charge in [0.15, 0.2) is 11.5 Å². The number of allylic oxidation sites excluding steroid dienone is 5. The molecule has 2 aliphatic rings. The van der Waals surface area contributed by atoms with Gasteiger partial charge in [-0.25, -0.2) is 8.78 Å². The van der Waals surface area contributed by atoms with Gasteiger partial charge >= 0.3 is 0 Å². The van der Waals surface area contributed by atoms with E-state index in [0.717, 1.165) is 12.0 Å². The largest absolute Gasteiger partial charge is 0.471 e. The average Bonchev–Trinajstić information content (AvgIpc) is 2.47. The quantitative estimate of drug-likeness (QED) is 0.754. The van der Waals surface area contributed by atoms with Crippen molar-refractivity contribution in [3.8, 4) is 0 Å². The van der Waals surface area contributed by atoms with Gasteiger partial charge in [0.05, 0.1) is 11.8 Å².